The van der Waals surface area contributed by atoms with Gasteiger partial charge < -0.3 is 15.5 Å². The molecule has 1 heterocycles. The lowest BCUT2D eigenvalue weighted by molar-refractivity contribution is -0.115. The summed E-state index contributed by atoms with van der Waals surface area (Å²) in [4.78, 5) is 16.0. The predicted octanol–water partition coefficient (Wildman–Crippen LogP) is 3.13. The van der Waals surface area contributed by atoms with E-state index in [1.807, 2.05) is 13.8 Å². The molecule has 0 aliphatic carbocycles. The van der Waals surface area contributed by atoms with E-state index in [0.717, 1.165) is 11.5 Å². The van der Waals surface area contributed by atoms with Gasteiger partial charge in [0, 0.05) is 17.9 Å². The van der Waals surface area contributed by atoms with Gasteiger partial charge in [0.05, 0.1) is 11.4 Å². The molecule has 0 aliphatic rings. The van der Waals surface area contributed by atoms with Gasteiger partial charge in [0.1, 0.15) is 11.6 Å². The first kappa shape index (κ1) is 15.4. The lowest BCUT2D eigenvalue weighted by Gasteiger charge is -2.06. The van der Waals surface area contributed by atoms with Crippen LogP contribution in [0.5, 0.6) is 0 Å². The van der Waals surface area contributed by atoms with E-state index in [4.69, 9.17) is 10.2 Å². The number of aromatic nitrogens is 1. The van der Waals surface area contributed by atoms with Crippen LogP contribution in [0.2, 0.25) is 0 Å². The van der Waals surface area contributed by atoms with E-state index >= 15 is 0 Å². The summed E-state index contributed by atoms with van der Waals surface area (Å²) in [5.41, 5.74) is 6.88. The molecule has 2 rings (SSSR count). The number of aryl methyl sites for hydroxylation is 2. The van der Waals surface area contributed by atoms with Crippen molar-refractivity contribution in [3.63, 3.8) is 0 Å². The van der Waals surface area contributed by atoms with Crippen molar-refractivity contribution in [2.75, 3.05) is 16.8 Å². The van der Waals surface area contributed by atoms with Gasteiger partial charge in [-0.3, -0.25) is 4.79 Å². The molecule has 0 saturated carbocycles. The number of thioether (sulfide) groups is 1. The van der Waals surface area contributed by atoms with Gasteiger partial charge in [-0.25, -0.2) is 9.37 Å². The molecule has 0 bridgehead atoms. The smallest absolute Gasteiger partial charge is 0.256 e. The third-order valence-corrected chi connectivity index (χ3v) is 3.66. The standard InChI is InChI=1S/C14H16FN3O2S/c1-8-9(2)20-14(17-8)21-6-5-13(19)18-12-7-10(16)3-4-11(12)15/h3-4,7H,5-6,16H2,1-2H3,(H,18,19). The van der Waals surface area contributed by atoms with E-state index in [0.29, 0.717) is 16.7 Å². The monoisotopic (exact) mass is 309 g/mol. The van der Waals surface area contributed by atoms with E-state index in [2.05, 4.69) is 10.3 Å². The number of nitrogens with one attached hydrogen (secondary N) is 1. The summed E-state index contributed by atoms with van der Waals surface area (Å²) in [6, 6.07) is 4.05. The van der Waals surface area contributed by atoms with Crippen molar-refractivity contribution in [2.45, 2.75) is 25.5 Å². The summed E-state index contributed by atoms with van der Waals surface area (Å²) < 4.78 is 18.9. The van der Waals surface area contributed by atoms with Gasteiger partial charge in [-0.1, -0.05) is 11.8 Å². The molecular weight excluding hydrogens is 293 g/mol. The van der Waals surface area contributed by atoms with Crippen molar-refractivity contribution < 1.29 is 13.6 Å². The summed E-state index contributed by atoms with van der Waals surface area (Å²) in [7, 11) is 0. The van der Waals surface area contributed by atoms with Crippen molar-refractivity contribution in [2.24, 2.45) is 0 Å². The van der Waals surface area contributed by atoms with E-state index in [-0.39, 0.29) is 18.0 Å². The molecule has 0 saturated heterocycles. The number of benzene rings is 1. The van der Waals surface area contributed by atoms with Gasteiger partial charge in [-0.15, -0.1) is 0 Å². The van der Waals surface area contributed by atoms with Crippen LogP contribution >= 0.6 is 11.8 Å². The highest BCUT2D eigenvalue weighted by atomic mass is 32.2. The lowest BCUT2D eigenvalue weighted by atomic mass is 10.2. The van der Waals surface area contributed by atoms with Crippen LogP contribution in [-0.4, -0.2) is 16.6 Å². The average molecular weight is 309 g/mol. The van der Waals surface area contributed by atoms with Gasteiger partial charge in [0.15, 0.2) is 0 Å². The molecule has 1 aromatic heterocycles. The van der Waals surface area contributed by atoms with Gasteiger partial charge in [0.2, 0.25) is 5.91 Å². The molecule has 0 atom stereocenters. The van der Waals surface area contributed by atoms with E-state index < -0.39 is 5.82 Å². The first-order valence-electron chi connectivity index (χ1n) is 6.37. The van der Waals surface area contributed by atoms with Crippen molar-refractivity contribution in [3.05, 3.63) is 35.5 Å². The van der Waals surface area contributed by atoms with Crippen LogP contribution in [-0.2, 0) is 4.79 Å². The summed E-state index contributed by atoms with van der Waals surface area (Å²) >= 11 is 1.34. The molecule has 7 heteroatoms. The molecule has 0 unspecified atom stereocenters. The minimum atomic E-state index is -0.510. The van der Waals surface area contributed by atoms with E-state index in [9.17, 15) is 9.18 Å². The molecule has 3 N–H and O–H groups in total. The molecule has 5 nitrogen and oxygen atoms in total. The average Bonchev–Trinajstić information content (AvgIpc) is 2.73. The molecule has 21 heavy (non-hydrogen) atoms. The fourth-order valence-corrected chi connectivity index (χ4v) is 2.43. The number of oxazole rings is 1. The number of halogens is 1. The Morgan fingerprint density at radius 3 is 2.90 bits per heavy atom. The number of anilines is 2. The van der Waals surface area contributed by atoms with Crippen LogP contribution < -0.4 is 11.1 Å². The summed E-state index contributed by atoms with van der Waals surface area (Å²) in [6.07, 6.45) is 0.222. The molecule has 0 radical (unpaired) electrons. The van der Waals surface area contributed by atoms with Crippen molar-refractivity contribution in [3.8, 4) is 0 Å². The first-order valence-corrected chi connectivity index (χ1v) is 7.36. The van der Waals surface area contributed by atoms with Crippen molar-refractivity contribution in [1.82, 2.24) is 4.98 Å². The van der Waals surface area contributed by atoms with E-state index in [1.165, 1.54) is 30.0 Å². The second-order valence-corrected chi connectivity index (χ2v) is 5.55. The third-order valence-electron chi connectivity index (χ3n) is 2.83. The minimum absolute atomic E-state index is 0.0906. The molecule has 0 fully saturated rings. The first-order chi connectivity index (χ1) is 9.95. The highest BCUT2D eigenvalue weighted by Gasteiger charge is 2.10. The number of hydrogen-bond acceptors (Lipinski definition) is 5. The summed E-state index contributed by atoms with van der Waals surface area (Å²) in [5, 5.41) is 3.03. The SMILES string of the molecule is Cc1nc(SCCC(=O)Nc2cc(N)ccc2F)oc1C. The zero-order chi connectivity index (χ0) is 15.4. The fourth-order valence-electron chi connectivity index (χ4n) is 1.59. The highest BCUT2D eigenvalue weighted by Crippen LogP contribution is 2.21. The Labute approximate surface area is 126 Å². The molecule has 0 aliphatic heterocycles. The number of rotatable bonds is 5. The molecule has 1 aromatic carbocycles. The zero-order valence-electron chi connectivity index (χ0n) is 11.8. The van der Waals surface area contributed by atoms with Crippen LogP contribution in [0.25, 0.3) is 0 Å². The number of hydrogen-bond donors (Lipinski definition) is 2. The second-order valence-electron chi connectivity index (χ2n) is 4.51. The third kappa shape index (κ3) is 4.22. The Bertz CT molecular complexity index is 638. The fraction of sp³-hybridized carbons (Fsp3) is 0.286. The zero-order valence-corrected chi connectivity index (χ0v) is 12.6. The number of nitrogens with two attached hydrogens (primary N) is 1. The lowest BCUT2D eigenvalue weighted by Crippen LogP contribution is -2.13. The normalized spacial score (nSPS) is 10.6. The Morgan fingerprint density at radius 1 is 1.48 bits per heavy atom. The Hall–Kier alpha value is -2.02. The quantitative estimate of drug-likeness (QED) is 0.655. The maximum Gasteiger partial charge on any atom is 0.256 e. The Morgan fingerprint density at radius 2 is 2.24 bits per heavy atom. The van der Waals surface area contributed by atoms with Crippen LogP contribution in [0, 0.1) is 19.7 Å². The number of nitrogens with zero attached hydrogens (tertiary/aromatic N) is 1. The van der Waals surface area contributed by atoms with Crippen LogP contribution in [0.3, 0.4) is 0 Å². The predicted molar refractivity (Wildman–Crippen MR) is 80.8 cm³/mol. The van der Waals surface area contributed by atoms with Crippen LogP contribution in [0.15, 0.2) is 27.8 Å². The number of amides is 1. The maximum absolute atomic E-state index is 13.5. The summed E-state index contributed by atoms with van der Waals surface area (Å²) in [5.74, 6) is 0.467. The number of carbonyl (C=O) groups excluding carboxylic acids is 1. The largest absolute Gasteiger partial charge is 0.437 e. The topological polar surface area (TPSA) is 81.2 Å². The molecule has 112 valence electrons. The van der Waals surface area contributed by atoms with Crippen molar-refractivity contribution >= 4 is 29.0 Å². The Kier molecular flexibility index (Phi) is 4.85. The van der Waals surface area contributed by atoms with Crippen molar-refractivity contribution in [1.29, 1.82) is 0 Å². The van der Waals surface area contributed by atoms with Crippen LogP contribution in [0.1, 0.15) is 17.9 Å². The second kappa shape index (κ2) is 6.62. The molecule has 0 spiro atoms. The van der Waals surface area contributed by atoms with E-state index in [1.54, 1.807) is 0 Å². The van der Waals surface area contributed by atoms with Gasteiger partial charge in [-0.2, -0.15) is 0 Å². The Balaban J connectivity index is 1.83. The molecule has 1 amide bonds. The van der Waals surface area contributed by atoms with Gasteiger partial charge in [0.25, 0.3) is 5.22 Å². The summed E-state index contributed by atoms with van der Waals surface area (Å²) in [6.45, 7) is 3.69. The molecular formula is C14H16FN3O2S. The number of nitrogen functional groups attached to an aromatic ring is 1. The number of carbonyl (C=O) groups is 1. The maximum atomic E-state index is 13.5. The minimum Gasteiger partial charge on any atom is -0.437 e. The highest BCUT2D eigenvalue weighted by molar-refractivity contribution is 7.99. The van der Waals surface area contributed by atoms with Crippen LogP contribution in [0.4, 0.5) is 15.8 Å². The van der Waals surface area contributed by atoms with Gasteiger partial charge >= 0.3 is 0 Å². The van der Waals surface area contributed by atoms with Gasteiger partial charge in [-0.05, 0) is 32.0 Å². The molecule has 2 aromatic rings.